The van der Waals surface area contributed by atoms with Crippen LogP contribution in [0, 0.1) is 5.92 Å². The Balaban J connectivity index is 2.14. The maximum absolute atomic E-state index is 12.0. The average molecular weight is 261 g/mol. The lowest BCUT2D eigenvalue weighted by atomic mass is 9.89. The summed E-state index contributed by atoms with van der Waals surface area (Å²) in [5, 5.41) is 0.585. The minimum Gasteiger partial charge on any atom is -0.275 e. The molecule has 0 aromatic rings. The molecule has 0 spiro atoms. The van der Waals surface area contributed by atoms with Gasteiger partial charge in [0, 0.05) is 13.0 Å². The van der Waals surface area contributed by atoms with Crippen LogP contribution in [-0.4, -0.2) is 44.0 Å². The van der Waals surface area contributed by atoms with Crippen molar-refractivity contribution in [3.05, 3.63) is 0 Å². The van der Waals surface area contributed by atoms with Gasteiger partial charge in [0.25, 0.3) is 0 Å². The summed E-state index contributed by atoms with van der Waals surface area (Å²) in [6.07, 6.45) is 3.31. The van der Waals surface area contributed by atoms with Crippen molar-refractivity contribution >= 4 is 15.7 Å². The lowest BCUT2D eigenvalue weighted by Gasteiger charge is -2.38. The van der Waals surface area contributed by atoms with Crippen molar-refractivity contribution in [3.63, 3.8) is 0 Å². The Morgan fingerprint density at radius 1 is 1.24 bits per heavy atom. The van der Waals surface area contributed by atoms with Crippen LogP contribution >= 0.6 is 0 Å². The molecular formula is C11H19NO4S. The van der Waals surface area contributed by atoms with Crippen molar-refractivity contribution in [1.29, 1.82) is 0 Å². The second-order valence-electron chi connectivity index (χ2n) is 4.95. The van der Waals surface area contributed by atoms with Crippen LogP contribution < -0.4 is 0 Å². The summed E-state index contributed by atoms with van der Waals surface area (Å²) in [6.45, 7) is 0. The summed E-state index contributed by atoms with van der Waals surface area (Å²) < 4.78 is 24.1. The Bertz CT molecular complexity index is 386. The van der Waals surface area contributed by atoms with Gasteiger partial charge in [-0.2, -0.15) is 0 Å². The third-order valence-corrected chi connectivity index (χ3v) is 6.72. The van der Waals surface area contributed by atoms with Gasteiger partial charge in [-0.05, 0) is 25.7 Å². The van der Waals surface area contributed by atoms with Crippen LogP contribution in [0.5, 0.6) is 0 Å². The molecular weight excluding hydrogens is 242 g/mol. The third kappa shape index (κ3) is 2.20. The summed E-state index contributed by atoms with van der Waals surface area (Å²) >= 11 is 0. The zero-order valence-electron chi connectivity index (χ0n) is 10.3. The van der Waals surface area contributed by atoms with E-state index in [2.05, 4.69) is 0 Å². The van der Waals surface area contributed by atoms with Gasteiger partial charge in [0.15, 0.2) is 9.84 Å². The molecule has 0 radical (unpaired) electrons. The number of rotatable bonds is 2. The Labute approximate surface area is 102 Å². The maximum atomic E-state index is 12.0. The van der Waals surface area contributed by atoms with Crippen LogP contribution in [0.2, 0.25) is 0 Å². The molecule has 5 nitrogen and oxygen atoms in total. The average Bonchev–Trinajstić information content (AvgIpc) is 2.25. The van der Waals surface area contributed by atoms with Gasteiger partial charge < -0.3 is 0 Å². The monoisotopic (exact) mass is 261 g/mol. The highest BCUT2D eigenvalue weighted by Gasteiger charge is 2.46. The van der Waals surface area contributed by atoms with Crippen molar-refractivity contribution < 1.29 is 18.0 Å². The Kier molecular flexibility index (Phi) is 3.45. The quantitative estimate of drug-likeness (QED) is 0.688. The zero-order valence-corrected chi connectivity index (χ0v) is 11.1. The Morgan fingerprint density at radius 3 is 2.24 bits per heavy atom. The van der Waals surface area contributed by atoms with Crippen molar-refractivity contribution in [2.24, 2.45) is 5.92 Å². The molecule has 2 aliphatic heterocycles. The first-order chi connectivity index (χ1) is 7.96. The molecule has 0 aliphatic carbocycles. The smallest absolute Gasteiger partial charge is 0.249 e. The number of hydrogen-bond acceptors (Lipinski definition) is 4. The normalized spacial score (nSPS) is 35.3. The summed E-state index contributed by atoms with van der Waals surface area (Å²) in [5.41, 5.74) is 0. The predicted molar refractivity (Wildman–Crippen MR) is 62.8 cm³/mol. The minimum absolute atomic E-state index is 0.0979. The fraction of sp³-hybridized carbons (Fsp3) is 0.909. The fourth-order valence-electron chi connectivity index (χ4n) is 2.96. The molecule has 2 bridgehead atoms. The van der Waals surface area contributed by atoms with Crippen molar-refractivity contribution in [1.82, 2.24) is 5.06 Å². The molecule has 0 N–H and O–H groups in total. The number of sulfone groups is 1. The Morgan fingerprint density at radius 2 is 1.76 bits per heavy atom. The van der Waals surface area contributed by atoms with Crippen LogP contribution in [0.15, 0.2) is 0 Å². The molecule has 2 heterocycles. The van der Waals surface area contributed by atoms with Crippen LogP contribution in [-0.2, 0) is 19.5 Å². The number of hydrogen-bond donors (Lipinski definition) is 0. The number of hydroxylamine groups is 2. The van der Waals surface area contributed by atoms with E-state index in [9.17, 15) is 13.2 Å². The van der Waals surface area contributed by atoms with Gasteiger partial charge in [0.05, 0.1) is 17.6 Å². The van der Waals surface area contributed by atoms with Gasteiger partial charge >= 0.3 is 0 Å². The number of carbonyl (C=O) groups excluding carboxylic acids is 1. The van der Waals surface area contributed by atoms with E-state index in [0.717, 1.165) is 6.42 Å². The SMILES string of the molecule is CON(C)C(=O)C1CC2CCCC(C1)S2(=O)=O. The van der Waals surface area contributed by atoms with Crippen molar-refractivity contribution in [2.45, 2.75) is 42.6 Å². The first kappa shape index (κ1) is 12.8. The number of carbonyl (C=O) groups is 1. The molecule has 17 heavy (non-hydrogen) atoms. The van der Waals surface area contributed by atoms with Gasteiger partial charge in [-0.1, -0.05) is 6.42 Å². The molecule has 0 saturated carbocycles. The first-order valence-electron chi connectivity index (χ1n) is 6.01. The van der Waals surface area contributed by atoms with Gasteiger partial charge in [-0.3, -0.25) is 9.63 Å². The second kappa shape index (κ2) is 4.57. The van der Waals surface area contributed by atoms with E-state index in [1.165, 1.54) is 12.2 Å². The molecule has 2 saturated heterocycles. The standard InChI is InChI=1S/C11H19NO4S/c1-12(16-2)11(13)8-6-9-4-3-5-10(7-8)17(9,14)15/h8-10H,3-7H2,1-2H3. The Hall–Kier alpha value is -0.620. The zero-order chi connectivity index (χ0) is 12.6. The lowest BCUT2D eigenvalue weighted by Crippen LogP contribution is -2.47. The first-order valence-corrected chi connectivity index (χ1v) is 7.62. The van der Waals surface area contributed by atoms with E-state index < -0.39 is 9.84 Å². The molecule has 0 aromatic carbocycles. The van der Waals surface area contributed by atoms with E-state index >= 15 is 0 Å². The molecule has 2 aliphatic rings. The maximum Gasteiger partial charge on any atom is 0.249 e. The number of fused-ring (bicyclic) bond motifs is 2. The molecule has 98 valence electrons. The van der Waals surface area contributed by atoms with Crippen LogP contribution in [0.25, 0.3) is 0 Å². The van der Waals surface area contributed by atoms with E-state index in [4.69, 9.17) is 4.84 Å². The van der Waals surface area contributed by atoms with Gasteiger partial charge in [0.2, 0.25) is 5.91 Å². The summed E-state index contributed by atoms with van der Waals surface area (Å²) in [6, 6.07) is 0. The van der Waals surface area contributed by atoms with Crippen molar-refractivity contribution in [3.8, 4) is 0 Å². The highest BCUT2D eigenvalue weighted by molar-refractivity contribution is 7.92. The predicted octanol–water partition coefficient (Wildman–Crippen LogP) is 0.752. The summed E-state index contributed by atoms with van der Waals surface area (Å²) in [7, 11) is 0.0375. The van der Waals surface area contributed by atoms with Gasteiger partial charge in [0.1, 0.15) is 0 Å². The topological polar surface area (TPSA) is 63.7 Å². The van der Waals surface area contributed by atoms with E-state index in [-0.39, 0.29) is 22.3 Å². The van der Waals surface area contributed by atoms with Crippen LogP contribution in [0.4, 0.5) is 0 Å². The van der Waals surface area contributed by atoms with E-state index in [0.29, 0.717) is 25.7 Å². The largest absolute Gasteiger partial charge is 0.275 e. The molecule has 6 heteroatoms. The molecule has 2 atom stereocenters. The van der Waals surface area contributed by atoms with E-state index in [1.54, 1.807) is 7.05 Å². The van der Waals surface area contributed by atoms with Crippen LogP contribution in [0.3, 0.4) is 0 Å². The second-order valence-corrected chi connectivity index (χ2v) is 7.46. The van der Waals surface area contributed by atoms with Gasteiger partial charge in [-0.25, -0.2) is 13.5 Å². The third-order valence-electron chi connectivity index (χ3n) is 4.01. The fourth-order valence-corrected chi connectivity index (χ4v) is 5.49. The lowest BCUT2D eigenvalue weighted by molar-refractivity contribution is -0.174. The van der Waals surface area contributed by atoms with E-state index in [1.807, 2.05) is 0 Å². The van der Waals surface area contributed by atoms with Crippen LogP contribution in [0.1, 0.15) is 32.1 Å². The number of amides is 1. The number of nitrogens with zero attached hydrogens (tertiary/aromatic N) is 1. The molecule has 2 rings (SSSR count). The van der Waals surface area contributed by atoms with Gasteiger partial charge in [-0.15, -0.1) is 0 Å². The van der Waals surface area contributed by atoms with Crippen molar-refractivity contribution in [2.75, 3.05) is 14.2 Å². The highest BCUT2D eigenvalue weighted by atomic mass is 32.2. The highest BCUT2D eigenvalue weighted by Crippen LogP contribution is 2.39. The minimum atomic E-state index is -2.98. The summed E-state index contributed by atoms with van der Waals surface area (Å²) in [4.78, 5) is 16.9. The molecule has 0 aromatic heterocycles. The molecule has 1 amide bonds. The molecule has 2 unspecified atom stereocenters. The summed E-state index contributed by atoms with van der Waals surface area (Å²) in [5.74, 6) is -0.293. The molecule has 2 fully saturated rings.